The maximum Gasteiger partial charge on any atom is 0.0843 e. The van der Waals surface area contributed by atoms with Gasteiger partial charge in [0.15, 0.2) is 0 Å². The molecule has 90 valence electrons. The molecule has 2 atom stereocenters. The standard InChI is InChI=1S/C12H12Br2N2S/c1-7(8-2-4-16-5-3-8)11(15)10-6-9(13)12(14)17-10/h2-7,11H,15H2,1H3. The zero-order valence-corrected chi connectivity index (χ0v) is 13.2. The van der Waals surface area contributed by atoms with Crippen molar-refractivity contribution in [2.75, 3.05) is 0 Å². The van der Waals surface area contributed by atoms with E-state index < -0.39 is 0 Å². The predicted octanol–water partition coefficient (Wildman–Crippen LogP) is 4.47. The fraction of sp³-hybridized carbons (Fsp3) is 0.250. The number of rotatable bonds is 3. The van der Waals surface area contributed by atoms with Gasteiger partial charge in [0.1, 0.15) is 0 Å². The fourth-order valence-electron chi connectivity index (χ4n) is 1.65. The molecule has 2 heterocycles. The monoisotopic (exact) mass is 374 g/mol. The van der Waals surface area contributed by atoms with E-state index in [1.807, 2.05) is 12.1 Å². The molecule has 0 aliphatic heterocycles. The maximum absolute atomic E-state index is 6.30. The molecule has 0 aliphatic rings. The van der Waals surface area contributed by atoms with E-state index in [-0.39, 0.29) is 12.0 Å². The zero-order chi connectivity index (χ0) is 12.4. The molecule has 2 aromatic heterocycles. The minimum Gasteiger partial charge on any atom is -0.323 e. The Morgan fingerprint density at radius 1 is 1.29 bits per heavy atom. The molecule has 0 spiro atoms. The summed E-state index contributed by atoms with van der Waals surface area (Å²) in [6, 6.07) is 6.12. The smallest absolute Gasteiger partial charge is 0.0843 e. The van der Waals surface area contributed by atoms with Crippen LogP contribution in [0.15, 0.2) is 38.9 Å². The van der Waals surface area contributed by atoms with E-state index in [9.17, 15) is 0 Å². The van der Waals surface area contributed by atoms with Gasteiger partial charge in [0.05, 0.1) is 3.79 Å². The summed E-state index contributed by atoms with van der Waals surface area (Å²) in [5.41, 5.74) is 7.52. The Balaban J connectivity index is 2.23. The van der Waals surface area contributed by atoms with E-state index in [1.165, 1.54) is 10.4 Å². The predicted molar refractivity (Wildman–Crippen MR) is 79.3 cm³/mol. The number of nitrogens with zero attached hydrogens (tertiary/aromatic N) is 1. The van der Waals surface area contributed by atoms with Gasteiger partial charge in [-0.3, -0.25) is 4.98 Å². The Bertz CT molecular complexity index is 479. The summed E-state index contributed by atoms with van der Waals surface area (Å²) in [6.07, 6.45) is 3.61. The Hall–Kier alpha value is -0.230. The van der Waals surface area contributed by atoms with E-state index in [2.05, 4.69) is 49.8 Å². The highest BCUT2D eigenvalue weighted by Gasteiger charge is 2.19. The summed E-state index contributed by atoms with van der Waals surface area (Å²) in [7, 11) is 0. The van der Waals surface area contributed by atoms with Gasteiger partial charge in [0.25, 0.3) is 0 Å². The Morgan fingerprint density at radius 3 is 2.47 bits per heavy atom. The van der Waals surface area contributed by atoms with Gasteiger partial charge in [-0.2, -0.15) is 0 Å². The van der Waals surface area contributed by atoms with Crippen LogP contribution in [0.2, 0.25) is 0 Å². The van der Waals surface area contributed by atoms with Crippen molar-refractivity contribution in [3.05, 3.63) is 49.3 Å². The first kappa shape index (κ1) is 13.2. The molecule has 2 rings (SSSR count). The molecule has 2 unspecified atom stereocenters. The number of pyridine rings is 1. The first-order valence-corrected chi connectivity index (χ1v) is 7.60. The highest BCUT2D eigenvalue weighted by Crippen LogP contribution is 2.38. The number of aromatic nitrogens is 1. The molecule has 5 heteroatoms. The van der Waals surface area contributed by atoms with Crippen LogP contribution in [0.25, 0.3) is 0 Å². The SMILES string of the molecule is CC(c1ccncc1)C(N)c1cc(Br)c(Br)s1. The van der Waals surface area contributed by atoms with Crippen molar-refractivity contribution in [2.45, 2.75) is 18.9 Å². The Kier molecular flexibility index (Phi) is 4.36. The van der Waals surface area contributed by atoms with Crippen molar-refractivity contribution >= 4 is 43.2 Å². The first-order valence-electron chi connectivity index (χ1n) is 5.20. The van der Waals surface area contributed by atoms with Crippen molar-refractivity contribution in [1.29, 1.82) is 0 Å². The molecule has 2 nitrogen and oxygen atoms in total. The van der Waals surface area contributed by atoms with Crippen molar-refractivity contribution in [3.63, 3.8) is 0 Å². The van der Waals surface area contributed by atoms with Crippen molar-refractivity contribution in [2.24, 2.45) is 5.73 Å². The average Bonchev–Trinajstić information content (AvgIpc) is 2.69. The zero-order valence-electron chi connectivity index (χ0n) is 9.23. The van der Waals surface area contributed by atoms with Crippen LogP contribution in [0, 0.1) is 0 Å². The molecule has 0 amide bonds. The van der Waals surface area contributed by atoms with E-state index >= 15 is 0 Å². The summed E-state index contributed by atoms with van der Waals surface area (Å²) in [4.78, 5) is 5.20. The normalized spacial score (nSPS) is 14.6. The summed E-state index contributed by atoms with van der Waals surface area (Å²) in [5.74, 6) is 0.274. The summed E-state index contributed by atoms with van der Waals surface area (Å²) in [5, 5.41) is 0. The lowest BCUT2D eigenvalue weighted by atomic mass is 9.94. The van der Waals surface area contributed by atoms with E-state index in [0.717, 1.165) is 8.26 Å². The molecule has 0 radical (unpaired) electrons. The number of thiophene rings is 1. The molecule has 17 heavy (non-hydrogen) atoms. The van der Waals surface area contributed by atoms with E-state index in [4.69, 9.17) is 5.73 Å². The lowest BCUT2D eigenvalue weighted by Crippen LogP contribution is -2.16. The maximum atomic E-state index is 6.30. The van der Waals surface area contributed by atoms with E-state index in [0.29, 0.717) is 0 Å². The second-order valence-electron chi connectivity index (χ2n) is 3.87. The number of hydrogen-bond acceptors (Lipinski definition) is 3. The fourth-order valence-corrected chi connectivity index (χ4v) is 3.84. The summed E-state index contributed by atoms with van der Waals surface area (Å²) in [6.45, 7) is 2.14. The third-order valence-electron chi connectivity index (χ3n) is 2.76. The molecule has 0 fully saturated rings. The lowest BCUT2D eigenvalue weighted by molar-refractivity contribution is 0.606. The molecule has 2 aromatic rings. The van der Waals surface area contributed by atoms with Gasteiger partial charge in [0, 0.05) is 33.7 Å². The third-order valence-corrected chi connectivity index (χ3v) is 6.12. The number of halogens is 2. The van der Waals surface area contributed by atoms with Crippen LogP contribution in [-0.4, -0.2) is 4.98 Å². The second-order valence-corrected chi connectivity index (χ2v) is 7.12. The highest BCUT2D eigenvalue weighted by atomic mass is 79.9. The Labute approximate surface area is 122 Å². The van der Waals surface area contributed by atoms with Crippen LogP contribution >= 0.6 is 43.2 Å². The van der Waals surface area contributed by atoms with Crippen molar-refractivity contribution in [1.82, 2.24) is 4.98 Å². The minimum absolute atomic E-state index is 0.00463. The van der Waals surface area contributed by atoms with Crippen LogP contribution in [0.3, 0.4) is 0 Å². The molecule has 0 saturated carbocycles. The van der Waals surface area contributed by atoms with E-state index in [1.54, 1.807) is 23.7 Å². The number of hydrogen-bond donors (Lipinski definition) is 1. The van der Waals surface area contributed by atoms with Gasteiger partial charge >= 0.3 is 0 Å². The summed E-state index contributed by atoms with van der Waals surface area (Å²) >= 11 is 8.66. The molecular weight excluding hydrogens is 364 g/mol. The van der Waals surface area contributed by atoms with Gasteiger partial charge in [0.2, 0.25) is 0 Å². The van der Waals surface area contributed by atoms with Crippen LogP contribution in [0.1, 0.15) is 29.3 Å². The Morgan fingerprint density at radius 2 is 1.94 bits per heavy atom. The molecule has 0 aromatic carbocycles. The molecule has 0 aliphatic carbocycles. The van der Waals surface area contributed by atoms with Crippen LogP contribution in [-0.2, 0) is 0 Å². The third kappa shape index (κ3) is 2.96. The van der Waals surface area contributed by atoms with Gasteiger partial charge in [-0.25, -0.2) is 0 Å². The average molecular weight is 376 g/mol. The highest BCUT2D eigenvalue weighted by molar-refractivity contribution is 9.13. The molecular formula is C12H12Br2N2S. The first-order chi connectivity index (χ1) is 8.09. The minimum atomic E-state index is 0.00463. The van der Waals surface area contributed by atoms with Gasteiger partial charge in [-0.1, -0.05) is 6.92 Å². The van der Waals surface area contributed by atoms with Gasteiger partial charge < -0.3 is 5.73 Å². The molecule has 0 bridgehead atoms. The topological polar surface area (TPSA) is 38.9 Å². The second kappa shape index (κ2) is 5.61. The van der Waals surface area contributed by atoms with Crippen LogP contribution in [0.4, 0.5) is 0 Å². The summed E-state index contributed by atoms with van der Waals surface area (Å²) < 4.78 is 2.15. The van der Waals surface area contributed by atoms with Crippen molar-refractivity contribution in [3.8, 4) is 0 Å². The van der Waals surface area contributed by atoms with Gasteiger partial charge in [-0.05, 0) is 55.6 Å². The van der Waals surface area contributed by atoms with Gasteiger partial charge in [-0.15, -0.1) is 11.3 Å². The lowest BCUT2D eigenvalue weighted by Gasteiger charge is -2.18. The number of nitrogens with two attached hydrogens (primary N) is 1. The van der Waals surface area contributed by atoms with Crippen molar-refractivity contribution < 1.29 is 0 Å². The van der Waals surface area contributed by atoms with Crippen LogP contribution < -0.4 is 5.73 Å². The van der Waals surface area contributed by atoms with Crippen LogP contribution in [0.5, 0.6) is 0 Å². The quantitative estimate of drug-likeness (QED) is 0.859. The molecule has 0 saturated heterocycles. The largest absolute Gasteiger partial charge is 0.323 e. The molecule has 2 N–H and O–H groups in total.